The van der Waals surface area contributed by atoms with Gasteiger partial charge < -0.3 is 9.64 Å². The van der Waals surface area contributed by atoms with Crippen LogP contribution in [0.15, 0.2) is 35.5 Å². The first kappa shape index (κ1) is 16.4. The number of hydrogen-bond donors (Lipinski definition) is 0. The first-order valence-electron chi connectivity index (χ1n) is 8.42. The average Bonchev–Trinajstić information content (AvgIpc) is 3.04. The second kappa shape index (κ2) is 6.65. The van der Waals surface area contributed by atoms with Gasteiger partial charge >= 0.3 is 0 Å². The van der Waals surface area contributed by atoms with Crippen LogP contribution in [0.4, 0.5) is 0 Å². The van der Waals surface area contributed by atoms with Crippen molar-refractivity contribution in [1.29, 1.82) is 0 Å². The maximum Gasteiger partial charge on any atom is 0.236 e. The van der Waals surface area contributed by atoms with Crippen LogP contribution in [-0.2, 0) is 9.53 Å². The molecule has 1 aromatic carbocycles. The molecule has 130 valence electrons. The van der Waals surface area contributed by atoms with Crippen LogP contribution in [0, 0.1) is 6.92 Å². The Hall–Kier alpha value is -2.12. The molecule has 1 fully saturated rings. The lowest BCUT2D eigenvalue weighted by molar-refractivity contribution is -0.134. The van der Waals surface area contributed by atoms with Gasteiger partial charge in [-0.25, -0.2) is 0 Å². The number of nitrogens with zero attached hydrogens (tertiary/aromatic N) is 4. The summed E-state index contributed by atoms with van der Waals surface area (Å²) >= 11 is 1.46. The van der Waals surface area contributed by atoms with Gasteiger partial charge in [-0.1, -0.05) is 30.0 Å². The minimum atomic E-state index is -0.217. The molecular weight excluding hydrogens is 336 g/mol. The first-order valence-corrected chi connectivity index (χ1v) is 9.30. The number of para-hydroxylation sites is 1. The van der Waals surface area contributed by atoms with Gasteiger partial charge in [0.15, 0.2) is 10.8 Å². The summed E-state index contributed by atoms with van der Waals surface area (Å²) in [6, 6.07) is 10.2. The predicted molar refractivity (Wildman–Crippen MR) is 97.9 cm³/mol. The van der Waals surface area contributed by atoms with Crippen LogP contribution in [-0.4, -0.2) is 57.0 Å². The van der Waals surface area contributed by atoms with E-state index in [0.29, 0.717) is 26.3 Å². The van der Waals surface area contributed by atoms with E-state index in [4.69, 9.17) is 4.74 Å². The van der Waals surface area contributed by atoms with E-state index in [-0.39, 0.29) is 11.2 Å². The van der Waals surface area contributed by atoms with Gasteiger partial charge in [0.2, 0.25) is 5.91 Å². The number of aromatic nitrogens is 3. The zero-order valence-electron chi connectivity index (χ0n) is 14.3. The Bertz CT molecular complexity index is 933. The number of pyridine rings is 1. The zero-order chi connectivity index (χ0) is 17.4. The molecule has 25 heavy (non-hydrogen) atoms. The van der Waals surface area contributed by atoms with E-state index in [1.807, 2.05) is 34.4 Å². The van der Waals surface area contributed by atoms with Crippen LogP contribution in [0.5, 0.6) is 0 Å². The van der Waals surface area contributed by atoms with Gasteiger partial charge in [0.05, 0.1) is 24.0 Å². The SMILES string of the molecule is Cc1cc2nnc(S[C@@H](C)C(=O)N3CCOCC3)n2c2ccccc12. The van der Waals surface area contributed by atoms with Crippen LogP contribution < -0.4 is 0 Å². The highest BCUT2D eigenvalue weighted by molar-refractivity contribution is 8.00. The van der Waals surface area contributed by atoms with Gasteiger partial charge in [0, 0.05) is 18.5 Å². The molecular formula is C18H20N4O2S. The lowest BCUT2D eigenvalue weighted by Gasteiger charge is -2.28. The fraction of sp³-hybridized carbons (Fsp3) is 0.389. The summed E-state index contributed by atoms with van der Waals surface area (Å²) < 4.78 is 7.36. The molecule has 0 bridgehead atoms. The van der Waals surface area contributed by atoms with Crippen molar-refractivity contribution in [1.82, 2.24) is 19.5 Å². The largest absolute Gasteiger partial charge is 0.378 e. The molecule has 0 spiro atoms. The van der Waals surface area contributed by atoms with Crippen molar-refractivity contribution in [2.75, 3.05) is 26.3 Å². The van der Waals surface area contributed by atoms with E-state index in [1.165, 1.54) is 22.7 Å². The van der Waals surface area contributed by atoms with Crippen molar-refractivity contribution in [2.24, 2.45) is 0 Å². The van der Waals surface area contributed by atoms with E-state index in [1.54, 1.807) is 0 Å². The number of carbonyl (C=O) groups is 1. The molecule has 0 aliphatic carbocycles. The third kappa shape index (κ3) is 2.98. The summed E-state index contributed by atoms with van der Waals surface area (Å²) in [6.45, 7) is 6.55. The smallest absolute Gasteiger partial charge is 0.236 e. The molecule has 0 N–H and O–H groups in total. The Morgan fingerprint density at radius 1 is 1.24 bits per heavy atom. The number of carbonyl (C=O) groups excluding carboxylic acids is 1. The summed E-state index contributed by atoms with van der Waals surface area (Å²) in [7, 11) is 0. The van der Waals surface area contributed by atoms with E-state index >= 15 is 0 Å². The van der Waals surface area contributed by atoms with Gasteiger partial charge in [-0.05, 0) is 31.5 Å². The molecule has 0 saturated carbocycles. The number of morpholine rings is 1. The Morgan fingerprint density at radius 3 is 2.80 bits per heavy atom. The van der Waals surface area contributed by atoms with Crippen LogP contribution in [0.2, 0.25) is 0 Å². The molecule has 1 aliphatic heterocycles. The van der Waals surface area contributed by atoms with E-state index < -0.39 is 0 Å². The van der Waals surface area contributed by atoms with Crippen molar-refractivity contribution in [3.8, 4) is 0 Å². The predicted octanol–water partition coefficient (Wildman–Crippen LogP) is 2.53. The second-order valence-corrected chi connectivity index (χ2v) is 7.53. The quantitative estimate of drug-likeness (QED) is 0.675. The van der Waals surface area contributed by atoms with Crippen molar-refractivity contribution >= 4 is 34.2 Å². The van der Waals surface area contributed by atoms with Gasteiger partial charge in [-0.3, -0.25) is 9.20 Å². The molecule has 1 atom stereocenters. The van der Waals surface area contributed by atoms with Crippen molar-refractivity contribution in [3.63, 3.8) is 0 Å². The topological polar surface area (TPSA) is 59.7 Å². The normalized spacial score (nSPS) is 16.5. The summed E-state index contributed by atoms with van der Waals surface area (Å²) in [5.74, 6) is 0.126. The Morgan fingerprint density at radius 2 is 2.00 bits per heavy atom. The lowest BCUT2D eigenvalue weighted by Crippen LogP contribution is -2.44. The lowest BCUT2D eigenvalue weighted by atomic mass is 10.1. The number of ether oxygens (including phenoxy) is 1. The minimum Gasteiger partial charge on any atom is -0.378 e. The van der Waals surface area contributed by atoms with Crippen LogP contribution >= 0.6 is 11.8 Å². The monoisotopic (exact) mass is 356 g/mol. The highest BCUT2D eigenvalue weighted by Gasteiger charge is 2.25. The molecule has 4 rings (SSSR count). The summed E-state index contributed by atoms with van der Waals surface area (Å²) in [5.41, 5.74) is 3.05. The molecule has 1 aliphatic rings. The third-order valence-electron chi connectivity index (χ3n) is 4.53. The number of aryl methyl sites for hydroxylation is 1. The van der Waals surface area contributed by atoms with Gasteiger partial charge in [0.25, 0.3) is 0 Å². The Kier molecular flexibility index (Phi) is 4.35. The molecule has 0 unspecified atom stereocenters. The molecule has 6 nitrogen and oxygen atoms in total. The highest BCUT2D eigenvalue weighted by atomic mass is 32.2. The van der Waals surface area contributed by atoms with Crippen LogP contribution in [0.25, 0.3) is 16.6 Å². The highest BCUT2D eigenvalue weighted by Crippen LogP contribution is 2.28. The summed E-state index contributed by atoms with van der Waals surface area (Å²) in [5, 5.41) is 10.3. The Labute approximate surface area is 150 Å². The van der Waals surface area contributed by atoms with Crippen molar-refractivity contribution < 1.29 is 9.53 Å². The third-order valence-corrected chi connectivity index (χ3v) is 5.56. The molecule has 3 aromatic rings. The molecule has 3 heterocycles. The van der Waals surface area contributed by atoms with Crippen LogP contribution in [0.1, 0.15) is 12.5 Å². The minimum absolute atomic E-state index is 0.126. The first-order chi connectivity index (χ1) is 12.1. The van der Waals surface area contributed by atoms with Crippen LogP contribution in [0.3, 0.4) is 0 Å². The molecule has 2 aromatic heterocycles. The summed E-state index contributed by atoms with van der Waals surface area (Å²) in [4.78, 5) is 14.5. The number of rotatable bonds is 3. The van der Waals surface area contributed by atoms with E-state index in [0.717, 1.165) is 16.3 Å². The fourth-order valence-corrected chi connectivity index (χ4v) is 4.15. The molecule has 7 heteroatoms. The number of amides is 1. The van der Waals surface area contributed by atoms with Gasteiger partial charge in [-0.15, -0.1) is 10.2 Å². The average molecular weight is 356 g/mol. The molecule has 1 amide bonds. The number of hydrogen-bond acceptors (Lipinski definition) is 5. The standard InChI is InChI=1S/C18H20N4O2S/c1-12-11-16-19-20-18(22(16)15-6-4-3-5-14(12)15)25-13(2)17(23)21-7-9-24-10-8-21/h3-6,11,13H,7-10H2,1-2H3/t13-/m0/s1. The number of fused-ring (bicyclic) bond motifs is 3. The summed E-state index contributed by atoms with van der Waals surface area (Å²) in [6.07, 6.45) is 0. The van der Waals surface area contributed by atoms with Gasteiger partial charge in [-0.2, -0.15) is 0 Å². The fourth-order valence-electron chi connectivity index (χ4n) is 3.20. The maximum absolute atomic E-state index is 12.7. The van der Waals surface area contributed by atoms with E-state index in [2.05, 4.69) is 29.3 Å². The van der Waals surface area contributed by atoms with Crippen molar-refractivity contribution in [2.45, 2.75) is 24.3 Å². The molecule has 1 saturated heterocycles. The zero-order valence-corrected chi connectivity index (χ0v) is 15.1. The number of benzene rings is 1. The maximum atomic E-state index is 12.7. The Balaban J connectivity index is 1.67. The number of thioether (sulfide) groups is 1. The second-order valence-electron chi connectivity index (χ2n) is 6.22. The molecule has 0 radical (unpaired) electrons. The van der Waals surface area contributed by atoms with E-state index in [9.17, 15) is 4.79 Å². The van der Waals surface area contributed by atoms with Gasteiger partial charge in [0.1, 0.15) is 0 Å². The van der Waals surface area contributed by atoms with Crippen molar-refractivity contribution in [3.05, 3.63) is 35.9 Å².